The second-order valence-corrected chi connectivity index (χ2v) is 1.93. The van der Waals surface area contributed by atoms with Crippen molar-refractivity contribution < 1.29 is 0 Å². The zero-order valence-electron chi connectivity index (χ0n) is 1.63. The van der Waals surface area contributed by atoms with Crippen molar-refractivity contribution in [1.82, 2.24) is 0 Å². The number of hydrogen-bond donors (Lipinski definition) is 0. The van der Waals surface area contributed by atoms with Crippen LogP contribution < -0.4 is 0 Å². The van der Waals surface area contributed by atoms with Gasteiger partial charge in [0.25, 0.3) is 0 Å². The fourth-order valence-electron chi connectivity index (χ4n) is 0. The zero-order valence-corrected chi connectivity index (χ0v) is 3.90. The molecule has 0 nitrogen and oxygen atoms in total. The van der Waals surface area contributed by atoms with Gasteiger partial charge in [-0.15, -0.1) is 0 Å². The van der Waals surface area contributed by atoms with Crippen LogP contribution in [0.4, 0.5) is 0 Å². The van der Waals surface area contributed by atoms with Gasteiger partial charge in [-0.2, -0.15) is 0 Å². The molecule has 0 aliphatic carbocycles. The summed E-state index contributed by atoms with van der Waals surface area (Å²) < 4.78 is -0.167. The minimum absolute atomic E-state index is 0. The van der Waals surface area contributed by atoms with Crippen molar-refractivity contribution in [3.05, 3.63) is 4.30 Å². The van der Waals surface area contributed by atoms with E-state index in [0.717, 1.165) is 0 Å². The molecule has 0 amide bonds. The quantitative estimate of drug-likeness (QED) is 0.499. The molecule has 0 N–H and O–H groups in total. The van der Waals surface area contributed by atoms with Crippen LogP contribution in [0.5, 0.6) is 0 Å². The number of rotatable bonds is 0. The van der Waals surface area contributed by atoms with Gasteiger partial charge < -0.3 is 0 Å². The third kappa shape index (κ3) is 31.6. The van der Waals surface area contributed by atoms with E-state index >= 15 is 0 Å². The Kier molecular flexibility index (Phi) is 10.4. The van der Waals surface area contributed by atoms with Crippen LogP contribution in [-0.2, 0) is 0 Å². The standard InChI is InChI=1S/CCl3.GeH4/c2-1(3)4;/h;1H4. The Hall–Kier alpha value is 1.41. The SMILES string of the molecule is Cl[C](Cl)Cl.[GeH4]. The molecule has 0 unspecified atom stereocenters. The van der Waals surface area contributed by atoms with Crippen LogP contribution in [0.1, 0.15) is 0 Å². The summed E-state index contributed by atoms with van der Waals surface area (Å²) in [7, 11) is 0. The van der Waals surface area contributed by atoms with Gasteiger partial charge in [-0.05, 0) is 0 Å². The molecule has 0 saturated carbocycles. The van der Waals surface area contributed by atoms with Gasteiger partial charge in [0.1, 0.15) is 0 Å². The predicted molar refractivity (Wildman–Crippen MR) is 32.1 cm³/mol. The first-order valence-corrected chi connectivity index (χ1v) is 1.70. The molecular weight excluding hydrogens is 191 g/mol. The van der Waals surface area contributed by atoms with Crippen LogP contribution in [0.2, 0.25) is 0 Å². The molecule has 0 saturated heterocycles. The first-order valence-electron chi connectivity index (χ1n) is 0.567. The van der Waals surface area contributed by atoms with Crippen molar-refractivity contribution in [3.8, 4) is 0 Å². The van der Waals surface area contributed by atoms with Crippen molar-refractivity contribution in [3.63, 3.8) is 0 Å². The van der Waals surface area contributed by atoms with Gasteiger partial charge in [-0.3, -0.25) is 0 Å². The summed E-state index contributed by atoms with van der Waals surface area (Å²) >= 11 is 14.2. The second kappa shape index (κ2) is 5.41. The molecule has 0 aromatic heterocycles. The fourth-order valence-corrected chi connectivity index (χ4v) is 0. The van der Waals surface area contributed by atoms with Gasteiger partial charge >= 0.3 is 17.6 Å². The summed E-state index contributed by atoms with van der Waals surface area (Å²) in [6.07, 6.45) is 0. The van der Waals surface area contributed by atoms with E-state index in [0.29, 0.717) is 0 Å². The average molecular weight is 195 g/mol. The molecule has 0 rings (SSSR count). The van der Waals surface area contributed by atoms with Crippen molar-refractivity contribution in [2.75, 3.05) is 0 Å². The minimum atomic E-state index is -0.167. The maximum absolute atomic E-state index is 4.72. The van der Waals surface area contributed by atoms with Crippen LogP contribution in [0.3, 0.4) is 0 Å². The summed E-state index contributed by atoms with van der Waals surface area (Å²) in [6.45, 7) is 0. The topological polar surface area (TPSA) is 0 Å². The van der Waals surface area contributed by atoms with Gasteiger partial charge in [-0.1, -0.05) is 34.8 Å². The molecule has 0 heterocycles. The Labute approximate surface area is 56.7 Å². The molecule has 1 radical (unpaired) electrons. The average Bonchev–Trinajstić information content (AvgIpc) is 0.811. The van der Waals surface area contributed by atoms with Crippen LogP contribution in [0, 0.1) is 4.30 Å². The van der Waals surface area contributed by atoms with E-state index in [1.807, 2.05) is 0 Å². The Morgan fingerprint density at radius 1 is 1.00 bits per heavy atom. The van der Waals surface area contributed by atoms with E-state index in [4.69, 9.17) is 34.8 Å². The molecule has 0 atom stereocenters. The van der Waals surface area contributed by atoms with Gasteiger partial charge in [0, 0.05) is 0 Å². The van der Waals surface area contributed by atoms with Gasteiger partial charge in [-0.25, -0.2) is 0 Å². The normalized spacial score (nSPS) is 7.20. The fraction of sp³-hybridized carbons (Fsp3) is 0. The third-order valence-electron chi connectivity index (χ3n) is 0. The predicted octanol–water partition coefficient (Wildman–Crippen LogP) is 0.698. The third-order valence-corrected chi connectivity index (χ3v) is 0. The molecule has 0 aliphatic heterocycles. The van der Waals surface area contributed by atoms with Crippen LogP contribution in [0.15, 0.2) is 0 Å². The molecule has 5 heavy (non-hydrogen) atoms. The Balaban J connectivity index is 0. The molecule has 0 aromatic carbocycles. The molecule has 33 valence electrons. The number of hydrogen-bond acceptors (Lipinski definition) is 0. The van der Waals surface area contributed by atoms with Crippen molar-refractivity contribution in [2.24, 2.45) is 0 Å². The molecule has 0 fully saturated rings. The van der Waals surface area contributed by atoms with E-state index < -0.39 is 0 Å². The molecule has 0 aromatic rings. The Bertz CT molecular complexity index is 11.6. The van der Waals surface area contributed by atoms with E-state index in [1.165, 1.54) is 0 Å². The van der Waals surface area contributed by atoms with E-state index in [2.05, 4.69) is 0 Å². The van der Waals surface area contributed by atoms with Crippen molar-refractivity contribution >= 4 is 52.4 Å². The van der Waals surface area contributed by atoms with Gasteiger partial charge in [0.05, 0.1) is 0 Å². The summed E-state index contributed by atoms with van der Waals surface area (Å²) in [4.78, 5) is 0. The molecule has 0 bridgehead atoms. The van der Waals surface area contributed by atoms with E-state index in [1.54, 1.807) is 0 Å². The van der Waals surface area contributed by atoms with Crippen LogP contribution >= 0.6 is 34.8 Å². The van der Waals surface area contributed by atoms with Crippen molar-refractivity contribution in [2.45, 2.75) is 0 Å². The summed E-state index contributed by atoms with van der Waals surface area (Å²) in [5.74, 6) is 0. The Morgan fingerprint density at radius 2 is 1.00 bits per heavy atom. The van der Waals surface area contributed by atoms with E-state index in [9.17, 15) is 0 Å². The maximum atomic E-state index is 4.72. The van der Waals surface area contributed by atoms with Crippen LogP contribution in [0.25, 0.3) is 0 Å². The summed E-state index contributed by atoms with van der Waals surface area (Å²) in [5.41, 5.74) is 0. The summed E-state index contributed by atoms with van der Waals surface area (Å²) in [6, 6.07) is 0. The second-order valence-electron chi connectivity index (χ2n) is 0.214. The first-order chi connectivity index (χ1) is 1.73. The molecule has 0 aliphatic rings. The van der Waals surface area contributed by atoms with Gasteiger partial charge in [0.2, 0.25) is 4.30 Å². The Morgan fingerprint density at radius 3 is 1.00 bits per heavy atom. The molecular formula is CH4Cl3Ge. The summed E-state index contributed by atoms with van der Waals surface area (Å²) in [5, 5.41) is 0. The monoisotopic (exact) mass is 195 g/mol. The van der Waals surface area contributed by atoms with Crippen LogP contribution in [-0.4, -0.2) is 17.6 Å². The molecule has 4 heteroatoms. The zero-order chi connectivity index (χ0) is 3.58. The number of halogens is 3. The molecule has 0 spiro atoms. The first kappa shape index (κ1) is 9.65. The van der Waals surface area contributed by atoms with Gasteiger partial charge in [0.15, 0.2) is 0 Å². The van der Waals surface area contributed by atoms with E-state index in [-0.39, 0.29) is 21.9 Å². The van der Waals surface area contributed by atoms with Crippen molar-refractivity contribution in [1.29, 1.82) is 0 Å².